The van der Waals surface area contributed by atoms with Crippen LogP contribution in [0.5, 0.6) is 0 Å². The number of thioether (sulfide) groups is 1. The summed E-state index contributed by atoms with van der Waals surface area (Å²) in [6.45, 7) is 10.7. The maximum Gasteiger partial charge on any atom is 0.0826 e. The molecule has 0 aromatic carbocycles. The Hall–Kier alpha value is 0.150. The second kappa shape index (κ2) is 12.9. The van der Waals surface area contributed by atoms with E-state index in [0.29, 0.717) is 6.10 Å². The van der Waals surface area contributed by atoms with Gasteiger partial charge in [-0.25, -0.2) is 0 Å². The normalized spacial score (nSPS) is 20.4. The lowest BCUT2D eigenvalue weighted by molar-refractivity contribution is -0.0346. The van der Waals surface area contributed by atoms with Crippen LogP contribution in [0.25, 0.3) is 0 Å². The summed E-state index contributed by atoms with van der Waals surface area (Å²) in [4.78, 5) is 2.44. The van der Waals surface area contributed by atoms with Gasteiger partial charge in [0.2, 0.25) is 0 Å². The standard InChI is InChI=1S/C14H31N3O2S/c1-3-4-15-11-14-12-17(7-10-19-14)6-9-18-8-5-16-13-20-2/h14-16H,3-13H2,1-2H3. The number of nitrogens with one attached hydrogen (secondary N) is 2. The van der Waals surface area contributed by atoms with Crippen LogP contribution in [0.15, 0.2) is 0 Å². The molecule has 0 aliphatic carbocycles. The van der Waals surface area contributed by atoms with Gasteiger partial charge in [0.15, 0.2) is 0 Å². The molecule has 0 amide bonds. The third-order valence-electron chi connectivity index (χ3n) is 3.24. The minimum Gasteiger partial charge on any atom is -0.379 e. The highest BCUT2D eigenvalue weighted by Crippen LogP contribution is 2.04. The second-order valence-electron chi connectivity index (χ2n) is 5.04. The van der Waals surface area contributed by atoms with Crippen molar-refractivity contribution < 1.29 is 9.47 Å². The van der Waals surface area contributed by atoms with E-state index in [-0.39, 0.29) is 0 Å². The molecular formula is C14H31N3O2S. The highest BCUT2D eigenvalue weighted by atomic mass is 32.2. The van der Waals surface area contributed by atoms with Gasteiger partial charge in [0.1, 0.15) is 0 Å². The molecule has 1 heterocycles. The van der Waals surface area contributed by atoms with Gasteiger partial charge < -0.3 is 20.1 Å². The molecule has 6 heteroatoms. The van der Waals surface area contributed by atoms with Crippen molar-refractivity contribution in [3.8, 4) is 0 Å². The first-order chi connectivity index (χ1) is 9.86. The van der Waals surface area contributed by atoms with Crippen LogP contribution in [0, 0.1) is 0 Å². The average Bonchev–Trinajstić information content (AvgIpc) is 2.47. The van der Waals surface area contributed by atoms with Crippen molar-refractivity contribution in [2.45, 2.75) is 19.4 Å². The van der Waals surface area contributed by atoms with E-state index >= 15 is 0 Å². The summed E-state index contributed by atoms with van der Waals surface area (Å²) in [5.41, 5.74) is 0. The molecule has 120 valence electrons. The fraction of sp³-hybridized carbons (Fsp3) is 1.00. The second-order valence-corrected chi connectivity index (χ2v) is 5.91. The summed E-state index contributed by atoms with van der Waals surface area (Å²) < 4.78 is 11.4. The minimum atomic E-state index is 0.332. The smallest absolute Gasteiger partial charge is 0.0826 e. The lowest BCUT2D eigenvalue weighted by atomic mass is 10.2. The van der Waals surface area contributed by atoms with Gasteiger partial charge in [-0.1, -0.05) is 6.92 Å². The zero-order valence-corrected chi connectivity index (χ0v) is 13.8. The molecule has 0 saturated carbocycles. The Labute approximate surface area is 128 Å². The summed E-state index contributed by atoms with van der Waals surface area (Å²) in [6, 6.07) is 0. The predicted molar refractivity (Wildman–Crippen MR) is 86.5 cm³/mol. The summed E-state index contributed by atoms with van der Waals surface area (Å²) >= 11 is 1.80. The fourth-order valence-electron chi connectivity index (χ4n) is 2.16. The van der Waals surface area contributed by atoms with Gasteiger partial charge >= 0.3 is 0 Å². The molecule has 1 aliphatic rings. The predicted octanol–water partition coefficient (Wildman–Crippen LogP) is 0.614. The molecule has 2 N–H and O–H groups in total. The molecule has 5 nitrogen and oxygen atoms in total. The van der Waals surface area contributed by atoms with Crippen LogP contribution in [0.3, 0.4) is 0 Å². The molecule has 1 fully saturated rings. The first-order valence-electron chi connectivity index (χ1n) is 7.69. The molecule has 0 radical (unpaired) electrons. The molecule has 0 spiro atoms. The van der Waals surface area contributed by atoms with Crippen molar-refractivity contribution in [1.82, 2.24) is 15.5 Å². The quantitative estimate of drug-likeness (QED) is 0.407. The molecule has 0 aromatic rings. The highest BCUT2D eigenvalue weighted by Gasteiger charge is 2.19. The van der Waals surface area contributed by atoms with Crippen LogP contribution in [-0.2, 0) is 9.47 Å². The van der Waals surface area contributed by atoms with Crippen LogP contribution in [0.1, 0.15) is 13.3 Å². The van der Waals surface area contributed by atoms with Crippen LogP contribution in [-0.4, -0.2) is 82.2 Å². The number of rotatable bonds is 12. The Morgan fingerprint density at radius 1 is 1.30 bits per heavy atom. The lowest BCUT2D eigenvalue weighted by Gasteiger charge is -2.33. The first-order valence-corrected chi connectivity index (χ1v) is 9.08. The SMILES string of the molecule is CCCNCC1CN(CCOCCNCSC)CCO1. The number of ether oxygens (including phenoxy) is 2. The van der Waals surface area contributed by atoms with Crippen molar-refractivity contribution in [3.63, 3.8) is 0 Å². The van der Waals surface area contributed by atoms with E-state index in [0.717, 1.165) is 65.0 Å². The number of nitrogens with zero attached hydrogens (tertiary/aromatic N) is 1. The maximum absolute atomic E-state index is 5.77. The molecule has 0 bridgehead atoms. The lowest BCUT2D eigenvalue weighted by Crippen LogP contribution is -2.47. The van der Waals surface area contributed by atoms with Crippen LogP contribution < -0.4 is 10.6 Å². The van der Waals surface area contributed by atoms with Crippen molar-refractivity contribution in [1.29, 1.82) is 0 Å². The topological polar surface area (TPSA) is 45.8 Å². The van der Waals surface area contributed by atoms with E-state index in [1.807, 2.05) is 0 Å². The fourth-order valence-corrected chi connectivity index (χ4v) is 2.51. The summed E-state index contributed by atoms with van der Waals surface area (Å²) in [5.74, 6) is 0.999. The molecule has 1 rings (SSSR count). The van der Waals surface area contributed by atoms with Gasteiger partial charge in [-0.2, -0.15) is 0 Å². The summed E-state index contributed by atoms with van der Waals surface area (Å²) in [6.07, 6.45) is 3.60. The van der Waals surface area contributed by atoms with E-state index < -0.39 is 0 Å². The van der Waals surface area contributed by atoms with Gasteiger partial charge in [0, 0.05) is 38.6 Å². The van der Waals surface area contributed by atoms with E-state index in [4.69, 9.17) is 9.47 Å². The number of hydrogen-bond acceptors (Lipinski definition) is 6. The van der Waals surface area contributed by atoms with Crippen molar-refractivity contribution in [2.24, 2.45) is 0 Å². The monoisotopic (exact) mass is 305 g/mol. The van der Waals surface area contributed by atoms with E-state index in [1.54, 1.807) is 11.8 Å². The molecule has 1 unspecified atom stereocenters. The third kappa shape index (κ3) is 9.15. The first kappa shape index (κ1) is 18.2. The van der Waals surface area contributed by atoms with Crippen LogP contribution in [0.2, 0.25) is 0 Å². The van der Waals surface area contributed by atoms with Gasteiger partial charge in [-0.3, -0.25) is 4.90 Å². The third-order valence-corrected chi connectivity index (χ3v) is 3.74. The maximum atomic E-state index is 5.77. The largest absolute Gasteiger partial charge is 0.379 e. The molecule has 1 saturated heterocycles. The Bertz CT molecular complexity index is 223. The Morgan fingerprint density at radius 3 is 3.00 bits per heavy atom. The van der Waals surface area contributed by atoms with E-state index in [1.165, 1.54) is 6.42 Å². The molecule has 0 aromatic heterocycles. The zero-order chi connectivity index (χ0) is 14.5. The van der Waals surface area contributed by atoms with E-state index in [2.05, 4.69) is 28.7 Å². The Balaban J connectivity index is 1.97. The van der Waals surface area contributed by atoms with Gasteiger partial charge in [0.05, 0.1) is 25.9 Å². The van der Waals surface area contributed by atoms with E-state index in [9.17, 15) is 0 Å². The Morgan fingerprint density at radius 2 is 2.20 bits per heavy atom. The number of hydrogen-bond donors (Lipinski definition) is 2. The van der Waals surface area contributed by atoms with Crippen molar-refractivity contribution >= 4 is 11.8 Å². The minimum absolute atomic E-state index is 0.332. The van der Waals surface area contributed by atoms with Gasteiger partial charge in [-0.05, 0) is 19.2 Å². The van der Waals surface area contributed by atoms with Crippen LogP contribution >= 0.6 is 11.8 Å². The van der Waals surface area contributed by atoms with Crippen molar-refractivity contribution in [2.75, 3.05) is 71.2 Å². The molecule has 1 atom stereocenters. The molecule has 20 heavy (non-hydrogen) atoms. The van der Waals surface area contributed by atoms with Crippen molar-refractivity contribution in [3.05, 3.63) is 0 Å². The molecule has 1 aliphatic heterocycles. The average molecular weight is 305 g/mol. The van der Waals surface area contributed by atoms with Gasteiger partial charge in [-0.15, -0.1) is 11.8 Å². The summed E-state index contributed by atoms with van der Waals surface area (Å²) in [7, 11) is 0. The van der Waals surface area contributed by atoms with Gasteiger partial charge in [0.25, 0.3) is 0 Å². The Kier molecular flexibility index (Phi) is 11.7. The van der Waals surface area contributed by atoms with Crippen LogP contribution in [0.4, 0.5) is 0 Å². The highest BCUT2D eigenvalue weighted by molar-refractivity contribution is 7.98. The molecular weight excluding hydrogens is 274 g/mol. The number of morpholine rings is 1. The zero-order valence-electron chi connectivity index (χ0n) is 13.0. The summed E-state index contributed by atoms with van der Waals surface area (Å²) in [5, 5.41) is 6.73.